The molecule has 2 aromatic carbocycles. The number of carbonyl (C=O) groups excluding carboxylic acids is 1. The average Bonchev–Trinajstić information content (AvgIpc) is 2.49. The van der Waals surface area contributed by atoms with Gasteiger partial charge in [0.2, 0.25) is 0 Å². The molecule has 5 heteroatoms. The zero-order valence-corrected chi connectivity index (χ0v) is 13.2. The summed E-state index contributed by atoms with van der Waals surface area (Å²) in [4.78, 5) is 11.8. The second kappa shape index (κ2) is 7.22. The lowest BCUT2D eigenvalue weighted by Crippen LogP contribution is -2.22. The highest BCUT2D eigenvalue weighted by molar-refractivity contribution is 9.10. The maximum Gasteiger partial charge on any atom is 0.251 e. The minimum absolute atomic E-state index is 0.116. The summed E-state index contributed by atoms with van der Waals surface area (Å²) in [6.07, 6.45) is 0. The van der Waals surface area contributed by atoms with E-state index in [0.29, 0.717) is 24.2 Å². The summed E-state index contributed by atoms with van der Waals surface area (Å²) in [5.41, 5.74) is 1.92. The number of hydrogen-bond donors (Lipinski definition) is 2. The number of benzene rings is 2. The van der Waals surface area contributed by atoms with E-state index in [0.717, 1.165) is 10.2 Å². The maximum atomic E-state index is 13.7. The molecule has 2 N–H and O–H groups in total. The van der Waals surface area contributed by atoms with Crippen LogP contribution in [-0.4, -0.2) is 12.5 Å². The highest BCUT2D eigenvalue weighted by Gasteiger charge is 2.06. The Labute approximate surface area is 131 Å². The molecule has 0 unspecified atom stereocenters. The molecule has 0 aliphatic rings. The number of hydrogen-bond acceptors (Lipinski definition) is 2. The fourth-order valence-corrected chi connectivity index (χ4v) is 2.32. The van der Waals surface area contributed by atoms with Crippen molar-refractivity contribution in [2.45, 2.75) is 13.5 Å². The first kappa shape index (κ1) is 15.5. The van der Waals surface area contributed by atoms with Crippen molar-refractivity contribution in [2.75, 3.05) is 11.9 Å². The van der Waals surface area contributed by atoms with Crippen molar-refractivity contribution in [3.8, 4) is 0 Å². The van der Waals surface area contributed by atoms with Crippen LogP contribution < -0.4 is 10.6 Å². The zero-order valence-electron chi connectivity index (χ0n) is 11.6. The van der Waals surface area contributed by atoms with Crippen LogP contribution in [0.15, 0.2) is 46.9 Å². The van der Waals surface area contributed by atoms with E-state index in [1.54, 1.807) is 30.3 Å². The normalized spacial score (nSPS) is 10.2. The van der Waals surface area contributed by atoms with Crippen molar-refractivity contribution >= 4 is 27.5 Å². The molecule has 0 fully saturated rings. The predicted octanol–water partition coefficient (Wildman–Crippen LogP) is 3.95. The van der Waals surface area contributed by atoms with Gasteiger partial charge in [-0.25, -0.2) is 4.39 Å². The van der Waals surface area contributed by atoms with Crippen LogP contribution >= 0.6 is 15.9 Å². The van der Waals surface area contributed by atoms with Gasteiger partial charge >= 0.3 is 0 Å². The minimum Gasteiger partial charge on any atom is -0.381 e. The van der Waals surface area contributed by atoms with Crippen molar-refractivity contribution < 1.29 is 9.18 Å². The van der Waals surface area contributed by atoms with Crippen LogP contribution in [0.25, 0.3) is 0 Å². The summed E-state index contributed by atoms with van der Waals surface area (Å²) in [5, 5.41) is 5.87. The first-order valence-corrected chi connectivity index (χ1v) is 7.45. The SMILES string of the molecule is CCNC(=O)c1cccc(NCc2cc(Br)ccc2F)c1. The van der Waals surface area contributed by atoms with Crippen molar-refractivity contribution in [1.82, 2.24) is 5.32 Å². The molecule has 1 amide bonds. The largest absolute Gasteiger partial charge is 0.381 e. The number of amides is 1. The van der Waals surface area contributed by atoms with Crippen LogP contribution in [0.2, 0.25) is 0 Å². The van der Waals surface area contributed by atoms with E-state index in [9.17, 15) is 9.18 Å². The van der Waals surface area contributed by atoms with Gasteiger partial charge in [-0.3, -0.25) is 4.79 Å². The molecule has 0 saturated heterocycles. The molecule has 0 aliphatic carbocycles. The lowest BCUT2D eigenvalue weighted by molar-refractivity contribution is 0.0956. The van der Waals surface area contributed by atoms with Crippen LogP contribution in [0.1, 0.15) is 22.8 Å². The molecule has 2 aromatic rings. The van der Waals surface area contributed by atoms with E-state index in [-0.39, 0.29) is 11.7 Å². The Bertz CT molecular complexity index is 646. The Kier molecular flexibility index (Phi) is 5.33. The van der Waals surface area contributed by atoms with Gasteiger partial charge in [0, 0.05) is 34.4 Å². The van der Waals surface area contributed by atoms with Crippen molar-refractivity contribution in [3.05, 3.63) is 63.9 Å². The molecule has 0 spiro atoms. The third kappa shape index (κ3) is 4.29. The van der Waals surface area contributed by atoms with E-state index in [1.807, 2.05) is 13.0 Å². The van der Waals surface area contributed by atoms with Gasteiger partial charge in [0.25, 0.3) is 5.91 Å². The van der Waals surface area contributed by atoms with E-state index < -0.39 is 0 Å². The lowest BCUT2D eigenvalue weighted by atomic mass is 10.1. The van der Waals surface area contributed by atoms with E-state index in [1.165, 1.54) is 6.07 Å². The van der Waals surface area contributed by atoms with Gasteiger partial charge < -0.3 is 10.6 Å². The highest BCUT2D eigenvalue weighted by atomic mass is 79.9. The van der Waals surface area contributed by atoms with Crippen molar-refractivity contribution in [3.63, 3.8) is 0 Å². The van der Waals surface area contributed by atoms with E-state index in [4.69, 9.17) is 0 Å². The standard InChI is InChI=1S/C16H16BrFN2O/c1-2-19-16(21)11-4-3-5-14(9-11)20-10-12-8-13(17)6-7-15(12)18/h3-9,20H,2,10H2,1H3,(H,19,21). The molecule has 0 aliphatic heterocycles. The number of nitrogens with one attached hydrogen (secondary N) is 2. The Hall–Kier alpha value is -1.88. The number of carbonyl (C=O) groups is 1. The topological polar surface area (TPSA) is 41.1 Å². The van der Waals surface area contributed by atoms with Crippen molar-refractivity contribution in [2.24, 2.45) is 0 Å². The number of halogens is 2. The molecule has 0 bridgehead atoms. The zero-order chi connectivity index (χ0) is 15.2. The Morgan fingerprint density at radius 2 is 2.05 bits per heavy atom. The van der Waals surface area contributed by atoms with Crippen LogP contribution in [0.3, 0.4) is 0 Å². The fourth-order valence-electron chi connectivity index (χ4n) is 1.91. The second-order valence-corrected chi connectivity index (χ2v) is 5.45. The summed E-state index contributed by atoms with van der Waals surface area (Å²) in [6.45, 7) is 2.81. The monoisotopic (exact) mass is 350 g/mol. The van der Waals surface area contributed by atoms with Crippen LogP contribution in [0.4, 0.5) is 10.1 Å². The molecule has 21 heavy (non-hydrogen) atoms. The van der Waals surface area contributed by atoms with Gasteiger partial charge in [0.1, 0.15) is 5.82 Å². The smallest absolute Gasteiger partial charge is 0.251 e. The summed E-state index contributed by atoms with van der Waals surface area (Å²) in [5.74, 6) is -0.375. The highest BCUT2D eigenvalue weighted by Crippen LogP contribution is 2.18. The summed E-state index contributed by atoms with van der Waals surface area (Å²) in [7, 11) is 0. The summed E-state index contributed by atoms with van der Waals surface area (Å²) >= 11 is 3.32. The summed E-state index contributed by atoms with van der Waals surface area (Å²) < 4.78 is 14.5. The number of anilines is 1. The molecule has 3 nitrogen and oxygen atoms in total. The first-order valence-electron chi connectivity index (χ1n) is 6.66. The Morgan fingerprint density at radius 3 is 2.81 bits per heavy atom. The van der Waals surface area contributed by atoms with Gasteiger partial charge in [0.05, 0.1) is 0 Å². The van der Waals surface area contributed by atoms with Gasteiger partial charge in [-0.2, -0.15) is 0 Å². The predicted molar refractivity (Wildman–Crippen MR) is 85.9 cm³/mol. The number of rotatable bonds is 5. The van der Waals surface area contributed by atoms with Crippen molar-refractivity contribution in [1.29, 1.82) is 0 Å². The molecule has 0 radical (unpaired) electrons. The van der Waals surface area contributed by atoms with Crippen LogP contribution in [0, 0.1) is 5.82 Å². The van der Waals surface area contributed by atoms with E-state index >= 15 is 0 Å². The lowest BCUT2D eigenvalue weighted by Gasteiger charge is -2.09. The molecular formula is C16H16BrFN2O. The molecule has 0 heterocycles. The molecule has 2 rings (SSSR count). The van der Waals surface area contributed by atoms with E-state index in [2.05, 4.69) is 26.6 Å². The minimum atomic E-state index is -0.259. The van der Waals surface area contributed by atoms with Gasteiger partial charge in [-0.15, -0.1) is 0 Å². The second-order valence-electron chi connectivity index (χ2n) is 4.53. The average molecular weight is 351 g/mol. The third-order valence-electron chi connectivity index (χ3n) is 2.95. The molecular weight excluding hydrogens is 335 g/mol. The van der Waals surface area contributed by atoms with Gasteiger partial charge in [0.15, 0.2) is 0 Å². The van der Waals surface area contributed by atoms with Crippen LogP contribution in [0.5, 0.6) is 0 Å². The molecule has 0 atom stereocenters. The van der Waals surface area contributed by atoms with Gasteiger partial charge in [-0.1, -0.05) is 22.0 Å². The third-order valence-corrected chi connectivity index (χ3v) is 3.45. The molecule has 0 aromatic heterocycles. The molecule has 0 saturated carbocycles. The first-order chi connectivity index (χ1) is 10.1. The van der Waals surface area contributed by atoms with Gasteiger partial charge in [-0.05, 0) is 43.3 Å². The van der Waals surface area contributed by atoms with Crippen LogP contribution in [-0.2, 0) is 6.54 Å². The maximum absolute atomic E-state index is 13.7. The Balaban J connectivity index is 2.08. The molecule has 110 valence electrons. The Morgan fingerprint density at radius 1 is 1.24 bits per heavy atom. The fraction of sp³-hybridized carbons (Fsp3) is 0.188. The quantitative estimate of drug-likeness (QED) is 0.857. The summed E-state index contributed by atoms with van der Waals surface area (Å²) in [6, 6.07) is 12.0.